The van der Waals surface area contributed by atoms with Crippen LogP contribution in [0.1, 0.15) is 55.8 Å². The van der Waals surface area contributed by atoms with Gasteiger partial charge in [0.25, 0.3) is 0 Å². The molecule has 2 aliphatic rings. The van der Waals surface area contributed by atoms with Crippen molar-refractivity contribution in [3.8, 4) is 0 Å². The standard InChI is InChI=1S/C25H32N2O2/c1-3-15-27-16-13-25(14-17-27)22-12-8-7-11-21(22)23(26-19(2)28)24(25)29-18-20-9-5-4-6-10-20/h4-12,23-24H,3,13-18H2,1-2H3,(H,26,28)/t23-,24+/m1/s1. The number of ether oxygens (including phenoxy) is 1. The fourth-order valence-electron chi connectivity index (χ4n) is 5.29. The molecular formula is C25H32N2O2. The molecular weight excluding hydrogens is 360 g/mol. The Morgan fingerprint density at radius 1 is 1.10 bits per heavy atom. The van der Waals surface area contributed by atoms with Crippen LogP contribution in [0, 0.1) is 0 Å². The average Bonchev–Trinajstić information content (AvgIpc) is 2.98. The molecule has 0 bridgehead atoms. The number of hydrogen-bond acceptors (Lipinski definition) is 3. The molecule has 1 spiro atoms. The van der Waals surface area contributed by atoms with Crippen LogP contribution in [0.3, 0.4) is 0 Å². The average molecular weight is 393 g/mol. The number of benzene rings is 2. The van der Waals surface area contributed by atoms with Crippen molar-refractivity contribution in [2.24, 2.45) is 0 Å². The Hall–Kier alpha value is -2.17. The molecule has 0 radical (unpaired) electrons. The second kappa shape index (κ2) is 8.68. The van der Waals surface area contributed by atoms with Crippen LogP contribution in [0.25, 0.3) is 0 Å². The number of nitrogens with zero attached hydrogens (tertiary/aromatic N) is 1. The molecule has 2 aromatic rings. The van der Waals surface area contributed by atoms with Gasteiger partial charge in [-0.25, -0.2) is 0 Å². The minimum atomic E-state index is -0.0925. The number of rotatable bonds is 6. The zero-order chi connectivity index (χ0) is 20.3. The van der Waals surface area contributed by atoms with Crippen molar-refractivity contribution in [2.45, 2.75) is 57.3 Å². The first-order chi connectivity index (χ1) is 14.1. The van der Waals surface area contributed by atoms with Gasteiger partial charge in [0.15, 0.2) is 0 Å². The van der Waals surface area contributed by atoms with Gasteiger partial charge in [-0.1, -0.05) is 61.5 Å². The van der Waals surface area contributed by atoms with Crippen LogP contribution in [-0.4, -0.2) is 36.5 Å². The Bertz CT molecular complexity index is 828. The Balaban J connectivity index is 1.66. The fourth-order valence-corrected chi connectivity index (χ4v) is 5.29. The molecule has 154 valence electrons. The van der Waals surface area contributed by atoms with Gasteiger partial charge in [-0.2, -0.15) is 0 Å². The van der Waals surface area contributed by atoms with E-state index in [1.165, 1.54) is 23.1 Å². The van der Waals surface area contributed by atoms with Crippen molar-refractivity contribution in [1.29, 1.82) is 0 Å². The zero-order valence-electron chi connectivity index (χ0n) is 17.6. The van der Waals surface area contributed by atoms with E-state index in [0.29, 0.717) is 6.61 Å². The summed E-state index contributed by atoms with van der Waals surface area (Å²) in [7, 11) is 0. The van der Waals surface area contributed by atoms with Crippen LogP contribution in [0.2, 0.25) is 0 Å². The van der Waals surface area contributed by atoms with Gasteiger partial charge < -0.3 is 15.0 Å². The van der Waals surface area contributed by atoms with Gasteiger partial charge in [-0.3, -0.25) is 4.79 Å². The molecule has 1 aliphatic heterocycles. The highest BCUT2D eigenvalue weighted by atomic mass is 16.5. The van der Waals surface area contributed by atoms with Crippen molar-refractivity contribution in [3.63, 3.8) is 0 Å². The fraction of sp³-hybridized carbons (Fsp3) is 0.480. The maximum absolute atomic E-state index is 12.1. The van der Waals surface area contributed by atoms with Gasteiger partial charge in [0.2, 0.25) is 5.91 Å². The third kappa shape index (κ3) is 3.96. The highest BCUT2D eigenvalue weighted by Crippen LogP contribution is 2.52. The van der Waals surface area contributed by atoms with Crippen molar-refractivity contribution in [2.75, 3.05) is 19.6 Å². The van der Waals surface area contributed by atoms with E-state index in [0.717, 1.165) is 32.5 Å². The molecule has 4 nitrogen and oxygen atoms in total. The molecule has 2 atom stereocenters. The van der Waals surface area contributed by atoms with Crippen LogP contribution in [0.5, 0.6) is 0 Å². The predicted octanol–water partition coefficient (Wildman–Crippen LogP) is 4.21. The lowest BCUT2D eigenvalue weighted by Crippen LogP contribution is -2.50. The monoisotopic (exact) mass is 392 g/mol. The van der Waals surface area contributed by atoms with E-state index in [9.17, 15) is 4.79 Å². The molecule has 1 saturated heterocycles. The number of likely N-dealkylation sites (tertiary alicyclic amines) is 1. The van der Waals surface area contributed by atoms with E-state index in [4.69, 9.17) is 4.74 Å². The summed E-state index contributed by atoms with van der Waals surface area (Å²) in [5, 5.41) is 3.21. The van der Waals surface area contributed by atoms with E-state index < -0.39 is 0 Å². The van der Waals surface area contributed by atoms with E-state index in [1.54, 1.807) is 6.92 Å². The van der Waals surface area contributed by atoms with Crippen LogP contribution in [0.15, 0.2) is 54.6 Å². The van der Waals surface area contributed by atoms with Gasteiger partial charge in [0.05, 0.1) is 18.8 Å². The molecule has 0 aromatic heterocycles. The minimum absolute atomic E-state index is 0.00131. The van der Waals surface area contributed by atoms with Crippen molar-refractivity contribution < 1.29 is 9.53 Å². The largest absolute Gasteiger partial charge is 0.370 e. The molecule has 1 heterocycles. The second-order valence-electron chi connectivity index (χ2n) is 8.48. The highest BCUT2D eigenvalue weighted by Gasteiger charge is 2.54. The molecule has 29 heavy (non-hydrogen) atoms. The molecule has 1 aliphatic carbocycles. The van der Waals surface area contributed by atoms with Crippen molar-refractivity contribution in [3.05, 3.63) is 71.3 Å². The first kappa shape index (κ1) is 20.1. The lowest BCUT2D eigenvalue weighted by molar-refractivity contribution is -0.122. The van der Waals surface area contributed by atoms with Crippen LogP contribution >= 0.6 is 0 Å². The number of carbonyl (C=O) groups is 1. The predicted molar refractivity (Wildman–Crippen MR) is 116 cm³/mol. The molecule has 1 N–H and O–H groups in total. The topological polar surface area (TPSA) is 41.6 Å². The van der Waals surface area contributed by atoms with Crippen molar-refractivity contribution in [1.82, 2.24) is 10.2 Å². The first-order valence-electron chi connectivity index (χ1n) is 10.9. The maximum Gasteiger partial charge on any atom is 0.217 e. The Kier molecular flexibility index (Phi) is 6.02. The molecule has 1 fully saturated rings. The van der Waals surface area contributed by atoms with Gasteiger partial charge in [0, 0.05) is 12.3 Å². The molecule has 0 saturated carbocycles. The lowest BCUT2D eigenvalue weighted by atomic mass is 9.71. The molecule has 2 aromatic carbocycles. The van der Waals surface area contributed by atoms with E-state index in [2.05, 4.69) is 53.5 Å². The Labute approximate surface area is 174 Å². The normalized spacial score (nSPS) is 23.1. The third-order valence-corrected chi connectivity index (χ3v) is 6.60. The number of piperidine rings is 1. The number of amides is 1. The van der Waals surface area contributed by atoms with Crippen LogP contribution in [0.4, 0.5) is 0 Å². The molecule has 4 heteroatoms. The molecule has 0 unspecified atom stereocenters. The summed E-state index contributed by atoms with van der Waals surface area (Å²) in [4.78, 5) is 14.6. The first-order valence-corrected chi connectivity index (χ1v) is 10.9. The van der Waals surface area contributed by atoms with Gasteiger partial charge >= 0.3 is 0 Å². The van der Waals surface area contributed by atoms with E-state index in [-0.39, 0.29) is 23.5 Å². The van der Waals surface area contributed by atoms with Crippen LogP contribution in [-0.2, 0) is 21.6 Å². The molecule has 4 rings (SSSR count). The Morgan fingerprint density at radius 2 is 1.79 bits per heavy atom. The highest BCUT2D eigenvalue weighted by molar-refractivity contribution is 5.74. The third-order valence-electron chi connectivity index (χ3n) is 6.60. The summed E-state index contributed by atoms with van der Waals surface area (Å²) in [6, 6.07) is 18.9. The number of fused-ring (bicyclic) bond motifs is 2. The minimum Gasteiger partial charge on any atom is -0.370 e. The Morgan fingerprint density at radius 3 is 2.48 bits per heavy atom. The van der Waals surface area contributed by atoms with Crippen molar-refractivity contribution >= 4 is 5.91 Å². The summed E-state index contributed by atoms with van der Waals surface area (Å²) in [5.74, 6) is -0.00131. The summed E-state index contributed by atoms with van der Waals surface area (Å²) in [6.45, 7) is 7.73. The summed E-state index contributed by atoms with van der Waals surface area (Å²) in [5.41, 5.74) is 3.73. The second-order valence-corrected chi connectivity index (χ2v) is 8.48. The summed E-state index contributed by atoms with van der Waals surface area (Å²) in [6.07, 6.45) is 3.28. The van der Waals surface area contributed by atoms with Crippen LogP contribution < -0.4 is 5.32 Å². The number of hydrogen-bond donors (Lipinski definition) is 1. The zero-order valence-corrected chi connectivity index (χ0v) is 17.6. The van der Waals surface area contributed by atoms with Gasteiger partial charge in [-0.05, 0) is 55.6 Å². The summed E-state index contributed by atoms with van der Waals surface area (Å²) < 4.78 is 6.64. The summed E-state index contributed by atoms with van der Waals surface area (Å²) >= 11 is 0. The SMILES string of the molecule is CCCN1CCC2(CC1)c1ccccc1[C@@H](NC(C)=O)[C@@H]2OCc1ccccc1. The lowest BCUT2D eigenvalue weighted by Gasteiger charge is -2.44. The van der Waals surface area contributed by atoms with E-state index >= 15 is 0 Å². The van der Waals surface area contributed by atoms with Gasteiger partial charge in [-0.15, -0.1) is 0 Å². The maximum atomic E-state index is 12.1. The molecule has 1 amide bonds. The van der Waals surface area contributed by atoms with Gasteiger partial charge in [0.1, 0.15) is 0 Å². The smallest absolute Gasteiger partial charge is 0.217 e. The number of nitrogens with one attached hydrogen (secondary N) is 1. The van der Waals surface area contributed by atoms with E-state index in [1.807, 2.05) is 18.2 Å². The quantitative estimate of drug-likeness (QED) is 0.801. The number of carbonyl (C=O) groups excluding carboxylic acids is 1.